The number of aromatic nitrogens is 2. The van der Waals surface area contributed by atoms with Gasteiger partial charge in [0.25, 0.3) is 5.91 Å². The van der Waals surface area contributed by atoms with Gasteiger partial charge in [0.15, 0.2) is 0 Å². The van der Waals surface area contributed by atoms with Gasteiger partial charge in [-0.05, 0) is 38.1 Å². The maximum absolute atomic E-state index is 12.2. The van der Waals surface area contributed by atoms with Crippen LogP contribution in [0.5, 0.6) is 0 Å². The molecule has 2 rings (SSSR count). The molecule has 5 nitrogen and oxygen atoms in total. The molecule has 0 unspecified atom stereocenters. The van der Waals surface area contributed by atoms with Crippen molar-refractivity contribution in [2.75, 3.05) is 11.1 Å². The minimum absolute atomic E-state index is 0.219. The summed E-state index contributed by atoms with van der Waals surface area (Å²) < 4.78 is 1.66. The number of halogens is 1. The lowest BCUT2D eigenvalue weighted by molar-refractivity contribution is 0.101. The number of nitrogens with two attached hydrogens (primary N) is 1. The summed E-state index contributed by atoms with van der Waals surface area (Å²) in [4.78, 5) is 12.2. The summed E-state index contributed by atoms with van der Waals surface area (Å²) in [6, 6.07) is 6.73. The van der Waals surface area contributed by atoms with Gasteiger partial charge in [-0.25, -0.2) is 0 Å². The first-order chi connectivity index (χ1) is 9.01. The zero-order chi connectivity index (χ0) is 14.0. The van der Waals surface area contributed by atoms with E-state index in [-0.39, 0.29) is 5.91 Å². The first-order valence-electron chi connectivity index (χ1n) is 5.92. The summed E-state index contributed by atoms with van der Waals surface area (Å²) in [5.41, 5.74) is 8.03. The summed E-state index contributed by atoms with van der Waals surface area (Å²) in [5.74, 6) is -0.219. The number of hydrogen-bond donors (Lipinski definition) is 2. The van der Waals surface area contributed by atoms with Gasteiger partial charge in [-0.3, -0.25) is 9.48 Å². The Morgan fingerprint density at radius 3 is 2.84 bits per heavy atom. The fraction of sp³-hybridized carbons (Fsp3) is 0.231. The van der Waals surface area contributed by atoms with E-state index in [1.165, 1.54) is 0 Å². The predicted octanol–water partition coefficient (Wildman–Crippen LogP) is 2.70. The third kappa shape index (κ3) is 2.88. The van der Waals surface area contributed by atoms with Crippen molar-refractivity contribution in [1.29, 1.82) is 0 Å². The topological polar surface area (TPSA) is 72.9 Å². The van der Waals surface area contributed by atoms with Crippen molar-refractivity contribution in [3.8, 4) is 0 Å². The number of rotatable bonds is 3. The van der Waals surface area contributed by atoms with Crippen molar-refractivity contribution in [1.82, 2.24) is 9.78 Å². The van der Waals surface area contributed by atoms with E-state index in [0.29, 0.717) is 28.6 Å². The molecule has 1 aromatic carbocycles. The Balaban J connectivity index is 2.22. The molecule has 0 saturated heterocycles. The number of nitrogen functional groups attached to an aromatic ring is 1. The number of benzene rings is 1. The summed E-state index contributed by atoms with van der Waals surface area (Å²) in [6.45, 7) is 4.42. The molecule has 0 bridgehead atoms. The van der Waals surface area contributed by atoms with E-state index in [1.54, 1.807) is 28.9 Å². The smallest absolute Gasteiger partial charge is 0.273 e. The Bertz CT molecular complexity index is 621. The lowest BCUT2D eigenvalue weighted by Gasteiger charge is -2.07. The Morgan fingerprint density at radius 1 is 1.47 bits per heavy atom. The van der Waals surface area contributed by atoms with Gasteiger partial charge in [-0.2, -0.15) is 5.10 Å². The largest absolute Gasteiger partial charge is 0.398 e. The van der Waals surface area contributed by atoms with Gasteiger partial charge in [0.1, 0.15) is 5.69 Å². The lowest BCUT2D eigenvalue weighted by atomic mass is 10.2. The standard InChI is InChI=1S/C13H15ClN4O/c1-3-18-12(6-8(2)17-18)13(19)16-9-4-5-11(15)10(14)7-9/h4-7H,3,15H2,1-2H3,(H,16,19). The molecule has 1 amide bonds. The van der Waals surface area contributed by atoms with Crippen LogP contribution in [0.4, 0.5) is 11.4 Å². The zero-order valence-corrected chi connectivity index (χ0v) is 11.5. The van der Waals surface area contributed by atoms with Gasteiger partial charge in [-0.1, -0.05) is 11.6 Å². The van der Waals surface area contributed by atoms with Gasteiger partial charge < -0.3 is 11.1 Å². The number of carbonyl (C=O) groups excluding carboxylic acids is 1. The van der Waals surface area contributed by atoms with Gasteiger partial charge in [0.2, 0.25) is 0 Å². The molecule has 0 saturated carbocycles. The van der Waals surface area contributed by atoms with Crippen molar-refractivity contribution < 1.29 is 4.79 Å². The second-order valence-electron chi connectivity index (χ2n) is 4.18. The molecule has 0 spiro atoms. The molecule has 100 valence electrons. The zero-order valence-electron chi connectivity index (χ0n) is 10.8. The molecule has 1 heterocycles. The molecule has 19 heavy (non-hydrogen) atoms. The van der Waals surface area contributed by atoms with Gasteiger partial charge in [0.05, 0.1) is 16.4 Å². The van der Waals surface area contributed by atoms with Crippen LogP contribution in [0, 0.1) is 6.92 Å². The van der Waals surface area contributed by atoms with Crippen LogP contribution in [0.25, 0.3) is 0 Å². The highest BCUT2D eigenvalue weighted by Gasteiger charge is 2.13. The monoisotopic (exact) mass is 278 g/mol. The van der Waals surface area contributed by atoms with Crippen molar-refractivity contribution in [2.45, 2.75) is 20.4 Å². The van der Waals surface area contributed by atoms with Crippen molar-refractivity contribution >= 4 is 28.9 Å². The summed E-state index contributed by atoms with van der Waals surface area (Å²) in [7, 11) is 0. The Labute approximate surface area is 116 Å². The molecule has 6 heteroatoms. The normalized spacial score (nSPS) is 10.5. The molecule has 1 aromatic heterocycles. The van der Waals surface area contributed by atoms with Crippen LogP contribution in [-0.4, -0.2) is 15.7 Å². The highest BCUT2D eigenvalue weighted by Crippen LogP contribution is 2.23. The van der Waals surface area contributed by atoms with Crippen LogP contribution in [0.3, 0.4) is 0 Å². The average molecular weight is 279 g/mol. The van der Waals surface area contributed by atoms with Crippen molar-refractivity contribution in [3.05, 3.63) is 40.7 Å². The Kier molecular flexibility index (Phi) is 3.76. The van der Waals surface area contributed by atoms with E-state index >= 15 is 0 Å². The second kappa shape index (κ2) is 5.32. The SMILES string of the molecule is CCn1nc(C)cc1C(=O)Nc1ccc(N)c(Cl)c1. The van der Waals surface area contributed by atoms with E-state index in [9.17, 15) is 4.79 Å². The highest BCUT2D eigenvalue weighted by molar-refractivity contribution is 6.33. The number of carbonyl (C=O) groups is 1. The first kappa shape index (κ1) is 13.4. The molecule has 2 aromatic rings. The first-order valence-corrected chi connectivity index (χ1v) is 6.30. The minimum atomic E-state index is -0.219. The molecule has 0 aliphatic heterocycles. The lowest BCUT2D eigenvalue weighted by Crippen LogP contribution is -2.17. The Morgan fingerprint density at radius 2 is 2.21 bits per heavy atom. The van der Waals surface area contributed by atoms with Crippen LogP contribution in [-0.2, 0) is 6.54 Å². The molecular formula is C13H15ClN4O. The molecule has 0 atom stereocenters. The molecule has 3 N–H and O–H groups in total. The van der Waals surface area contributed by atoms with Crippen LogP contribution >= 0.6 is 11.6 Å². The molecule has 0 aliphatic carbocycles. The summed E-state index contributed by atoms with van der Waals surface area (Å²) in [6.07, 6.45) is 0. The van der Waals surface area contributed by atoms with Crippen molar-refractivity contribution in [2.24, 2.45) is 0 Å². The number of nitrogens with one attached hydrogen (secondary N) is 1. The van der Waals surface area contributed by atoms with E-state index in [4.69, 9.17) is 17.3 Å². The average Bonchev–Trinajstić information content (AvgIpc) is 2.75. The van der Waals surface area contributed by atoms with Gasteiger partial charge in [-0.15, -0.1) is 0 Å². The van der Waals surface area contributed by atoms with Crippen LogP contribution in [0.2, 0.25) is 5.02 Å². The molecule has 0 aliphatic rings. The maximum atomic E-state index is 12.2. The molecule has 0 radical (unpaired) electrons. The van der Waals surface area contributed by atoms with Crippen LogP contribution in [0.15, 0.2) is 24.3 Å². The Hall–Kier alpha value is -2.01. The summed E-state index contributed by atoms with van der Waals surface area (Å²) in [5, 5.41) is 7.42. The van der Waals surface area contributed by atoms with E-state index in [2.05, 4.69) is 10.4 Å². The third-order valence-corrected chi connectivity index (χ3v) is 3.02. The van der Waals surface area contributed by atoms with Gasteiger partial charge >= 0.3 is 0 Å². The second-order valence-corrected chi connectivity index (χ2v) is 4.58. The minimum Gasteiger partial charge on any atom is -0.398 e. The summed E-state index contributed by atoms with van der Waals surface area (Å²) >= 11 is 5.91. The number of amides is 1. The fourth-order valence-corrected chi connectivity index (χ4v) is 1.95. The molecular weight excluding hydrogens is 264 g/mol. The molecule has 0 fully saturated rings. The quantitative estimate of drug-likeness (QED) is 0.848. The van der Waals surface area contributed by atoms with Crippen molar-refractivity contribution in [3.63, 3.8) is 0 Å². The fourth-order valence-electron chi connectivity index (χ4n) is 1.77. The van der Waals surface area contributed by atoms with Crippen LogP contribution < -0.4 is 11.1 Å². The number of anilines is 2. The third-order valence-electron chi connectivity index (χ3n) is 2.69. The van der Waals surface area contributed by atoms with Gasteiger partial charge in [0, 0.05) is 12.2 Å². The number of nitrogens with zero attached hydrogens (tertiary/aromatic N) is 2. The number of aryl methyl sites for hydroxylation is 2. The van der Waals surface area contributed by atoms with E-state index in [0.717, 1.165) is 5.69 Å². The maximum Gasteiger partial charge on any atom is 0.273 e. The number of hydrogen-bond acceptors (Lipinski definition) is 3. The van der Waals surface area contributed by atoms with Crippen LogP contribution in [0.1, 0.15) is 23.1 Å². The van der Waals surface area contributed by atoms with E-state index in [1.807, 2.05) is 13.8 Å². The van der Waals surface area contributed by atoms with E-state index < -0.39 is 0 Å². The highest BCUT2D eigenvalue weighted by atomic mass is 35.5. The predicted molar refractivity (Wildman–Crippen MR) is 76.5 cm³/mol.